The van der Waals surface area contributed by atoms with Crippen molar-refractivity contribution in [2.45, 2.75) is 32.2 Å². The molecule has 1 aliphatic rings. The van der Waals surface area contributed by atoms with E-state index < -0.39 is 0 Å². The minimum atomic E-state index is -0.0591. The summed E-state index contributed by atoms with van der Waals surface area (Å²) in [7, 11) is 0. The number of likely N-dealkylation sites (tertiary alicyclic amines) is 1. The molecule has 28 heavy (non-hydrogen) atoms. The Kier molecular flexibility index (Phi) is 8.06. The molecule has 0 bridgehead atoms. The number of nitrogens with one attached hydrogen (secondary N) is 2. The van der Waals surface area contributed by atoms with Crippen molar-refractivity contribution in [1.82, 2.24) is 15.5 Å². The zero-order valence-electron chi connectivity index (χ0n) is 16.2. The Bertz CT molecular complexity index is 734. The molecule has 3 rings (SSSR count). The lowest BCUT2D eigenvalue weighted by molar-refractivity contribution is -0.121. The number of rotatable bonds is 9. The van der Waals surface area contributed by atoms with E-state index in [-0.39, 0.29) is 11.8 Å². The third kappa shape index (κ3) is 6.77. The van der Waals surface area contributed by atoms with Crippen molar-refractivity contribution in [3.63, 3.8) is 0 Å². The maximum absolute atomic E-state index is 12.1. The molecule has 0 spiro atoms. The van der Waals surface area contributed by atoms with E-state index in [1.54, 1.807) is 6.07 Å². The number of piperidine rings is 1. The van der Waals surface area contributed by atoms with E-state index in [0.717, 1.165) is 26.2 Å². The molecule has 1 fully saturated rings. The van der Waals surface area contributed by atoms with E-state index in [1.807, 2.05) is 17.5 Å². The third-order valence-electron chi connectivity index (χ3n) is 5.05. The highest BCUT2D eigenvalue weighted by molar-refractivity contribution is 7.12. The fourth-order valence-corrected chi connectivity index (χ4v) is 4.24. The van der Waals surface area contributed by atoms with Crippen LogP contribution in [-0.2, 0) is 11.3 Å². The van der Waals surface area contributed by atoms with Crippen molar-refractivity contribution in [2.75, 3.05) is 26.2 Å². The van der Waals surface area contributed by atoms with Crippen LogP contribution in [0, 0.1) is 5.92 Å². The van der Waals surface area contributed by atoms with Gasteiger partial charge in [0.1, 0.15) is 0 Å². The van der Waals surface area contributed by atoms with Gasteiger partial charge in [0.25, 0.3) is 5.91 Å². The Balaban J connectivity index is 1.29. The van der Waals surface area contributed by atoms with E-state index in [1.165, 1.54) is 29.7 Å². The van der Waals surface area contributed by atoms with Crippen LogP contribution in [0.25, 0.3) is 0 Å². The molecule has 1 saturated heterocycles. The molecule has 1 atom stereocenters. The SMILES string of the molecule is O=C(CCCNC(=O)c1cccs1)NCC1CCCN(Cc2ccccc2)C1. The summed E-state index contributed by atoms with van der Waals surface area (Å²) in [5.74, 6) is 0.529. The van der Waals surface area contributed by atoms with Crippen molar-refractivity contribution in [3.8, 4) is 0 Å². The van der Waals surface area contributed by atoms with Crippen LogP contribution >= 0.6 is 11.3 Å². The zero-order valence-corrected chi connectivity index (χ0v) is 17.0. The molecule has 2 heterocycles. The molecule has 150 valence electrons. The summed E-state index contributed by atoms with van der Waals surface area (Å²) >= 11 is 1.42. The number of hydrogen-bond donors (Lipinski definition) is 2. The molecule has 0 aliphatic carbocycles. The van der Waals surface area contributed by atoms with Gasteiger partial charge in [-0.3, -0.25) is 14.5 Å². The summed E-state index contributed by atoms with van der Waals surface area (Å²) in [6.45, 7) is 4.41. The maximum atomic E-state index is 12.1. The lowest BCUT2D eigenvalue weighted by atomic mass is 9.97. The lowest BCUT2D eigenvalue weighted by Crippen LogP contribution is -2.40. The molecular formula is C22H29N3O2S. The number of nitrogens with zero attached hydrogens (tertiary/aromatic N) is 1. The summed E-state index contributed by atoms with van der Waals surface area (Å²) in [5, 5.41) is 7.82. The number of hydrogen-bond acceptors (Lipinski definition) is 4. The van der Waals surface area contributed by atoms with Crippen molar-refractivity contribution in [3.05, 3.63) is 58.3 Å². The molecule has 0 saturated carbocycles. The van der Waals surface area contributed by atoms with Gasteiger partial charge in [0.05, 0.1) is 4.88 Å². The van der Waals surface area contributed by atoms with Crippen LogP contribution in [0.1, 0.15) is 40.9 Å². The first-order valence-corrected chi connectivity index (χ1v) is 10.9. The first kappa shape index (κ1) is 20.6. The minimum Gasteiger partial charge on any atom is -0.356 e. The normalized spacial score (nSPS) is 17.2. The molecule has 2 N–H and O–H groups in total. The van der Waals surface area contributed by atoms with Crippen LogP contribution in [0.2, 0.25) is 0 Å². The van der Waals surface area contributed by atoms with Gasteiger partial charge in [0.2, 0.25) is 5.91 Å². The Morgan fingerprint density at radius 3 is 2.75 bits per heavy atom. The Labute approximate surface area is 171 Å². The maximum Gasteiger partial charge on any atom is 0.261 e. The fraction of sp³-hybridized carbons (Fsp3) is 0.455. The van der Waals surface area contributed by atoms with Gasteiger partial charge in [-0.25, -0.2) is 0 Å². The minimum absolute atomic E-state index is 0.0591. The largest absolute Gasteiger partial charge is 0.356 e. The highest BCUT2D eigenvalue weighted by Gasteiger charge is 2.20. The third-order valence-corrected chi connectivity index (χ3v) is 5.92. The van der Waals surface area contributed by atoms with Crippen LogP contribution in [0.4, 0.5) is 0 Å². The Hall–Kier alpha value is -2.18. The van der Waals surface area contributed by atoms with Gasteiger partial charge in [-0.2, -0.15) is 0 Å². The van der Waals surface area contributed by atoms with Crippen molar-refractivity contribution >= 4 is 23.2 Å². The second-order valence-electron chi connectivity index (χ2n) is 7.37. The molecule has 1 unspecified atom stereocenters. The van der Waals surface area contributed by atoms with E-state index in [2.05, 4.69) is 39.8 Å². The standard InChI is InChI=1S/C22H29N3O2S/c26-21(11-4-12-23-22(27)20-10-6-14-28-20)24-15-19-9-5-13-25(17-19)16-18-7-2-1-3-8-18/h1-3,6-8,10,14,19H,4-5,9,11-13,15-17H2,(H,23,27)(H,24,26). The quantitative estimate of drug-likeness (QED) is 0.636. The Morgan fingerprint density at radius 1 is 1.11 bits per heavy atom. The van der Waals surface area contributed by atoms with Crippen LogP contribution < -0.4 is 10.6 Å². The van der Waals surface area contributed by atoms with Gasteiger partial charge in [-0.05, 0) is 48.7 Å². The van der Waals surface area contributed by atoms with Gasteiger partial charge < -0.3 is 10.6 Å². The number of thiophene rings is 1. The van der Waals surface area contributed by atoms with Crippen LogP contribution in [0.15, 0.2) is 47.8 Å². The van der Waals surface area contributed by atoms with E-state index >= 15 is 0 Å². The van der Waals surface area contributed by atoms with Gasteiger partial charge >= 0.3 is 0 Å². The molecule has 1 aromatic heterocycles. The molecule has 0 radical (unpaired) electrons. The van der Waals surface area contributed by atoms with Gasteiger partial charge in [0.15, 0.2) is 0 Å². The lowest BCUT2D eigenvalue weighted by Gasteiger charge is -2.32. The molecule has 2 aromatic rings. The number of carbonyl (C=O) groups is 2. The molecule has 2 amide bonds. The van der Waals surface area contributed by atoms with Crippen molar-refractivity contribution < 1.29 is 9.59 Å². The first-order valence-electron chi connectivity index (χ1n) is 10.1. The van der Waals surface area contributed by atoms with Gasteiger partial charge in [-0.1, -0.05) is 36.4 Å². The second kappa shape index (κ2) is 11.0. The number of amides is 2. The topological polar surface area (TPSA) is 61.4 Å². The molecule has 1 aliphatic heterocycles. The monoisotopic (exact) mass is 399 g/mol. The summed E-state index contributed by atoms with van der Waals surface area (Å²) < 4.78 is 0. The summed E-state index contributed by atoms with van der Waals surface area (Å²) in [6.07, 6.45) is 3.46. The Morgan fingerprint density at radius 2 is 1.96 bits per heavy atom. The van der Waals surface area contributed by atoms with Crippen LogP contribution in [-0.4, -0.2) is 42.9 Å². The van der Waals surface area contributed by atoms with Crippen molar-refractivity contribution in [2.24, 2.45) is 5.92 Å². The first-order chi connectivity index (χ1) is 13.7. The highest BCUT2D eigenvalue weighted by atomic mass is 32.1. The molecule has 1 aromatic carbocycles. The van der Waals surface area contributed by atoms with Gasteiger partial charge in [-0.15, -0.1) is 11.3 Å². The predicted molar refractivity (Wildman–Crippen MR) is 113 cm³/mol. The number of benzene rings is 1. The van der Waals surface area contributed by atoms with Crippen LogP contribution in [0.3, 0.4) is 0 Å². The number of carbonyl (C=O) groups excluding carboxylic acids is 2. The van der Waals surface area contributed by atoms with Crippen LogP contribution in [0.5, 0.6) is 0 Å². The average Bonchev–Trinajstić information content (AvgIpc) is 3.26. The van der Waals surface area contributed by atoms with E-state index in [4.69, 9.17) is 0 Å². The zero-order chi connectivity index (χ0) is 19.6. The summed E-state index contributed by atoms with van der Waals surface area (Å²) in [6, 6.07) is 14.2. The van der Waals surface area contributed by atoms with Gasteiger partial charge in [0, 0.05) is 32.6 Å². The summed E-state index contributed by atoms with van der Waals surface area (Å²) in [4.78, 5) is 27.1. The second-order valence-corrected chi connectivity index (χ2v) is 8.32. The molecule has 5 nitrogen and oxygen atoms in total. The predicted octanol–water partition coefficient (Wildman–Crippen LogP) is 3.29. The average molecular weight is 400 g/mol. The molecule has 6 heteroatoms. The smallest absolute Gasteiger partial charge is 0.261 e. The van der Waals surface area contributed by atoms with E-state index in [9.17, 15) is 9.59 Å². The van der Waals surface area contributed by atoms with Crippen molar-refractivity contribution in [1.29, 1.82) is 0 Å². The highest BCUT2D eigenvalue weighted by Crippen LogP contribution is 2.18. The van der Waals surface area contributed by atoms with E-state index in [0.29, 0.717) is 30.2 Å². The molecular weight excluding hydrogens is 370 g/mol. The fourth-order valence-electron chi connectivity index (χ4n) is 3.60. The summed E-state index contributed by atoms with van der Waals surface area (Å²) in [5.41, 5.74) is 1.34.